The Kier molecular flexibility index (Phi) is 7.39. The molecule has 0 aliphatic carbocycles. The predicted octanol–water partition coefficient (Wildman–Crippen LogP) is 3.35. The number of carbonyl (C=O) groups excluding carboxylic acids is 1. The van der Waals surface area contributed by atoms with Crippen molar-refractivity contribution in [1.82, 2.24) is 5.32 Å². The molecule has 0 radical (unpaired) electrons. The first-order valence-electron chi connectivity index (χ1n) is 4.33. The summed E-state index contributed by atoms with van der Waals surface area (Å²) in [4.78, 5) is 10.8. The molecule has 0 aromatic heterocycles. The summed E-state index contributed by atoms with van der Waals surface area (Å²) in [6, 6.07) is 0. The molecule has 0 heterocycles. The highest BCUT2D eigenvalue weighted by Gasteiger charge is 2.33. The van der Waals surface area contributed by atoms with E-state index in [0.717, 1.165) is 18.6 Å². The molecule has 0 bridgehead atoms. The number of hydrogen-bond donors (Lipinski definition) is 1. The molecule has 6 heteroatoms. The van der Waals surface area contributed by atoms with Crippen LogP contribution < -0.4 is 5.32 Å². The SMILES string of the molecule is CCCCSC(NC(C)=O)C(Cl)(Cl)Cl. The van der Waals surface area contributed by atoms with E-state index in [1.807, 2.05) is 0 Å². The first kappa shape index (κ1) is 14.7. The number of carbonyl (C=O) groups is 1. The Balaban J connectivity index is 4.05. The van der Waals surface area contributed by atoms with Gasteiger partial charge in [0.15, 0.2) is 0 Å². The number of hydrogen-bond acceptors (Lipinski definition) is 2. The van der Waals surface area contributed by atoms with Crippen LogP contribution in [0.1, 0.15) is 26.7 Å². The van der Waals surface area contributed by atoms with Crippen molar-refractivity contribution >= 4 is 52.5 Å². The molecule has 0 rings (SSSR count). The Labute approximate surface area is 104 Å². The number of rotatable bonds is 5. The molecule has 0 saturated heterocycles. The van der Waals surface area contributed by atoms with Gasteiger partial charge in [-0.15, -0.1) is 11.8 Å². The maximum Gasteiger partial charge on any atom is 0.219 e. The molecule has 2 nitrogen and oxygen atoms in total. The number of amides is 1. The van der Waals surface area contributed by atoms with Crippen LogP contribution in [0.2, 0.25) is 0 Å². The largest absolute Gasteiger partial charge is 0.340 e. The minimum absolute atomic E-state index is 0.190. The summed E-state index contributed by atoms with van der Waals surface area (Å²) in [5.74, 6) is 0.681. The van der Waals surface area contributed by atoms with Crippen LogP contribution >= 0.6 is 46.6 Å². The van der Waals surface area contributed by atoms with E-state index in [9.17, 15) is 4.79 Å². The van der Waals surface area contributed by atoms with Crippen LogP contribution in [0.4, 0.5) is 0 Å². The monoisotopic (exact) mass is 277 g/mol. The van der Waals surface area contributed by atoms with E-state index in [2.05, 4.69) is 12.2 Å². The van der Waals surface area contributed by atoms with Crippen LogP contribution in [0.25, 0.3) is 0 Å². The third-order valence-corrected chi connectivity index (χ3v) is 3.79. The highest BCUT2D eigenvalue weighted by molar-refractivity contribution is 8.00. The average molecular weight is 279 g/mol. The molecule has 1 unspecified atom stereocenters. The Hall–Kier alpha value is 0.690. The molecular formula is C8H14Cl3NOS. The molecule has 1 amide bonds. The molecule has 84 valence electrons. The molecule has 0 spiro atoms. The Morgan fingerprint density at radius 3 is 2.43 bits per heavy atom. The van der Waals surface area contributed by atoms with Crippen molar-refractivity contribution in [2.75, 3.05) is 5.75 Å². The molecule has 0 aromatic rings. The fourth-order valence-corrected chi connectivity index (χ4v) is 2.61. The van der Waals surface area contributed by atoms with Gasteiger partial charge in [-0.3, -0.25) is 4.79 Å². The van der Waals surface area contributed by atoms with E-state index in [0.29, 0.717) is 0 Å². The second-order valence-corrected chi connectivity index (χ2v) is 6.43. The summed E-state index contributed by atoms with van der Waals surface area (Å²) in [6.07, 6.45) is 2.13. The van der Waals surface area contributed by atoms with Crippen molar-refractivity contribution in [2.45, 2.75) is 35.9 Å². The summed E-state index contributed by atoms with van der Waals surface area (Å²) in [5, 5.41) is 2.13. The molecule has 1 atom stereocenters. The second kappa shape index (κ2) is 7.04. The van der Waals surface area contributed by atoms with E-state index in [-0.39, 0.29) is 5.91 Å². The smallest absolute Gasteiger partial charge is 0.219 e. The number of nitrogens with one attached hydrogen (secondary N) is 1. The zero-order valence-corrected chi connectivity index (χ0v) is 11.2. The van der Waals surface area contributed by atoms with Gasteiger partial charge in [0, 0.05) is 6.92 Å². The molecule has 1 N–H and O–H groups in total. The summed E-state index contributed by atoms with van der Waals surface area (Å²) in [5.41, 5.74) is 0. The summed E-state index contributed by atoms with van der Waals surface area (Å²) in [7, 11) is 0. The maximum absolute atomic E-state index is 10.8. The van der Waals surface area contributed by atoms with Gasteiger partial charge in [0.1, 0.15) is 5.37 Å². The van der Waals surface area contributed by atoms with E-state index < -0.39 is 9.17 Å². The Morgan fingerprint density at radius 2 is 2.07 bits per heavy atom. The van der Waals surface area contributed by atoms with E-state index in [1.165, 1.54) is 18.7 Å². The normalized spacial score (nSPS) is 13.8. The maximum atomic E-state index is 10.8. The van der Waals surface area contributed by atoms with Gasteiger partial charge in [-0.05, 0) is 12.2 Å². The van der Waals surface area contributed by atoms with Gasteiger partial charge in [0.05, 0.1) is 0 Å². The van der Waals surface area contributed by atoms with Gasteiger partial charge >= 0.3 is 0 Å². The van der Waals surface area contributed by atoms with Crippen molar-refractivity contribution in [2.24, 2.45) is 0 Å². The van der Waals surface area contributed by atoms with Crippen molar-refractivity contribution in [3.63, 3.8) is 0 Å². The quantitative estimate of drug-likeness (QED) is 0.475. The highest BCUT2D eigenvalue weighted by Crippen LogP contribution is 2.36. The molecule has 0 aliphatic heterocycles. The van der Waals surface area contributed by atoms with Gasteiger partial charge in [0.25, 0.3) is 0 Å². The third kappa shape index (κ3) is 7.04. The van der Waals surface area contributed by atoms with Gasteiger partial charge < -0.3 is 5.32 Å². The lowest BCUT2D eigenvalue weighted by molar-refractivity contribution is -0.119. The molecule has 0 fully saturated rings. The van der Waals surface area contributed by atoms with Crippen molar-refractivity contribution in [1.29, 1.82) is 0 Å². The van der Waals surface area contributed by atoms with Gasteiger partial charge in [-0.2, -0.15) is 0 Å². The molecule has 14 heavy (non-hydrogen) atoms. The topological polar surface area (TPSA) is 29.1 Å². The van der Waals surface area contributed by atoms with Gasteiger partial charge in [-0.1, -0.05) is 48.1 Å². The Morgan fingerprint density at radius 1 is 1.50 bits per heavy atom. The lowest BCUT2D eigenvalue weighted by atomic mass is 10.4. The summed E-state index contributed by atoms with van der Waals surface area (Å²) < 4.78 is -1.45. The van der Waals surface area contributed by atoms with Crippen LogP contribution in [0.15, 0.2) is 0 Å². The van der Waals surface area contributed by atoms with Crippen LogP contribution in [-0.2, 0) is 4.79 Å². The number of alkyl halides is 3. The van der Waals surface area contributed by atoms with Crippen LogP contribution in [0, 0.1) is 0 Å². The minimum Gasteiger partial charge on any atom is -0.340 e. The number of thioether (sulfide) groups is 1. The molecular weight excluding hydrogens is 265 g/mol. The van der Waals surface area contributed by atoms with Gasteiger partial charge in [-0.25, -0.2) is 0 Å². The first-order chi connectivity index (χ1) is 6.38. The second-order valence-electron chi connectivity index (χ2n) is 2.85. The van der Waals surface area contributed by atoms with Crippen LogP contribution in [0.3, 0.4) is 0 Å². The summed E-state index contributed by atoms with van der Waals surface area (Å²) >= 11 is 18.6. The highest BCUT2D eigenvalue weighted by atomic mass is 35.6. The van der Waals surface area contributed by atoms with E-state index in [4.69, 9.17) is 34.8 Å². The molecule has 0 saturated carbocycles. The van der Waals surface area contributed by atoms with Crippen LogP contribution in [-0.4, -0.2) is 20.8 Å². The van der Waals surface area contributed by atoms with Crippen molar-refractivity contribution in [3.8, 4) is 0 Å². The number of unbranched alkanes of at least 4 members (excludes halogenated alkanes) is 1. The average Bonchev–Trinajstić information content (AvgIpc) is 2.00. The Bertz CT molecular complexity index is 184. The third-order valence-electron chi connectivity index (χ3n) is 1.41. The lowest BCUT2D eigenvalue weighted by Gasteiger charge is -2.24. The number of halogens is 3. The lowest BCUT2D eigenvalue weighted by Crippen LogP contribution is -2.40. The minimum atomic E-state index is -1.45. The van der Waals surface area contributed by atoms with Crippen molar-refractivity contribution < 1.29 is 4.79 Å². The van der Waals surface area contributed by atoms with Crippen LogP contribution in [0.5, 0.6) is 0 Å². The fraction of sp³-hybridized carbons (Fsp3) is 0.875. The molecule has 0 aromatic carbocycles. The fourth-order valence-electron chi connectivity index (χ4n) is 0.748. The standard InChI is InChI=1S/C8H14Cl3NOS/c1-3-4-5-14-7(8(9,10)11)12-6(2)13/h7H,3-5H2,1-2H3,(H,12,13). The zero-order chi connectivity index (χ0) is 11.2. The van der Waals surface area contributed by atoms with Crippen molar-refractivity contribution in [3.05, 3.63) is 0 Å². The predicted molar refractivity (Wildman–Crippen MR) is 65.3 cm³/mol. The van der Waals surface area contributed by atoms with Gasteiger partial charge in [0.2, 0.25) is 9.70 Å². The molecule has 0 aliphatic rings. The van der Waals surface area contributed by atoms with E-state index in [1.54, 1.807) is 0 Å². The zero-order valence-electron chi connectivity index (χ0n) is 8.15. The van der Waals surface area contributed by atoms with E-state index >= 15 is 0 Å². The summed E-state index contributed by atoms with van der Waals surface area (Å²) in [6.45, 7) is 3.49. The first-order valence-corrected chi connectivity index (χ1v) is 6.51.